The molecule has 1 aliphatic rings. The van der Waals surface area contributed by atoms with Crippen LogP contribution in [-0.2, 0) is 12.8 Å². The Morgan fingerprint density at radius 2 is 1.29 bits per heavy atom. The number of amides is 1. The maximum Gasteiger partial charge on any atom is 0.256 e. The minimum Gasteiger partial charge on any atom is -0.321 e. The molecule has 1 amide bonds. The topological polar surface area (TPSA) is 63.2 Å². The fraction of sp³-hybridized carbons (Fsp3) is 0.0741. The second-order valence-corrected chi connectivity index (χ2v) is 7.32. The molecule has 0 aromatic heterocycles. The molecule has 0 heterocycles. The van der Waals surface area contributed by atoms with Crippen LogP contribution in [0.2, 0.25) is 0 Å². The van der Waals surface area contributed by atoms with Crippen molar-refractivity contribution < 1.29 is 14.4 Å². The van der Waals surface area contributed by atoms with Crippen molar-refractivity contribution in [3.05, 3.63) is 125 Å². The molecule has 4 nitrogen and oxygen atoms in total. The molecule has 1 aliphatic carbocycles. The SMILES string of the molecule is C=CCc1cccc(CC=C)c1C(=O)Nc1cccc2c1C(=O)c1ccccc1C2=O. The summed E-state index contributed by atoms with van der Waals surface area (Å²) in [6.07, 6.45) is 4.55. The van der Waals surface area contributed by atoms with Crippen molar-refractivity contribution in [1.82, 2.24) is 0 Å². The molecule has 152 valence electrons. The molecule has 0 fully saturated rings. The van der Waals surface area contributed by atoms with Crippen LogP contribution in [0.1, 0.15) is 53.3 Å². The number of anilines is 1. The van der Waals surface area contributed by atoms with Gasteiger partial charge in [-0.1, -0.05) is 66.7 Å². The first-order chi connectivity index (χ1) is 15.1. The van der Waals surface area contributed by atoms with Gasteiger partial charge >= 0.3 is 0 Å². The Balaban J connectivity index is 1.79. The van der Waals surface area contributed by atoms with Gasteiger partial charge in [0.15, 0.2) is 11.6 Å². The molecule has 0 atom stereocenters. The number of fused-ring (bicyclic) bond motifs is 2. The average Bonchev–Trinajstić information content (AvgIpc) is 2.78. The zero-order valence-electron chi connectivity index (χ0n) is 17.0. The number of hydrogen-bond acceptors (Lipinski definition) is 3. The van der Waals surface area contributed by atoms with E-state index in [1.54, 1.807) is 54.6 Å². The Bertz CT molecular complexity index is 1220. The molecule has 3 aromatic rings. The third-order valence-corrected chi connectivity index (χ3v) is 5.39. The van der Waals surface area contributed by atoms with E-state index in [0.717, 1.165) is 11.1 Å². The predicted octanol–water partition coefficient (Wildman–Crippen LogP) is 5.17. The second-order valence-electron chi connectivity index (χ2n) is 7.32. The fourth-order valence-electron chi connectivity index (χ4n) is 4.03. The van der Waals surface area contributed by atoms with Crippen LogP contribution in [0, 0.1) is 0 Å². The van der Waals surface area contributed by atoms with Gasteiger partial charge in [0.25, 0.3) is 5.91 Å². The molecule has 0 saturated carbocycles. The molecule has 0 unspecified atom stereocenters. The van der Waals surface area contributed by atoms with E-state index >= 15 is 0 Å². The first-order valence-electron chi connectivity index (χ1n) is 10.0. The molecule has 1 N–H and O–H groups in total. The molecule has 3 aromatic carbocycles. The van der Waals surface area contributed by atoms with Crippen LogP contribution in [0.3, 0.4) is 0 Å². The second kappa shape index (κ2) is 8.36. The Labute approximate surface area is 180 Å². The highest BCUT2D eigenvalue weighted by Crippen LogP contribution is 2.32. The number of nitrogens with one attached hydrogen (secondary N) is 1. The number of carbonyl (C=O) groups is 3. The summed E-state index contributed by atoms with van der Waals surface area (Å²) in [4.78, 5) is 39.5. The van der Waals surface area contributed by atoms with Crippen LogP contribution in [-0.4, -0.2) is 17.5 Å². The van der Waals surface area contributed by atoms with Gasteiger partial charge in [-0.3, -0.25) is 14.4 Å². The van der Waals surface area contributed by atoms with E-state index in [-0.39, 0.29) is 23.0 Å². The summed E-state index contributed by atoms with van der Waals surface area (Å²) >= 11 is 0. The lowest BCUT2D eigenvalue weighted by molar-refractivity contribution is 0.0978. The smallest absolute Gasteiger partial charge is 0.256 e. The van der Waals surface area contributed by atoms with Gasteiger partial charge in [0.2, 0.25) is 0 Å². The number of ketones is 2. The molecular weight excluding hydrogens is 386 g/mol. The van der Waals surface area contributed by atoms with Crippen LogP contribution < -0.4 is 5.32 Å². The van der Waals surface area contributed by atoms with E-state index in [1.165, 1.54) is 0 Å². The molecule has 0 aliphatic heterocycles. The van der Waals surface area contributed by atoms with Crippen LogP contribution in [0.4, 0.5) is 5.69 Å². The van der Waals surface area contributed by atoms with Gasteiger partial charge in [-0.2, -0.15) is 0 Å². The van der Waals surface area contributed by atoms with Crippen molar-refractivity contribution in [3.63, 3.8) is 0 Å². The molecule has 0 saturated heterocycles. The molecule has 0 bridgehead atoms. The lowest BCUT2D eigenvalue weighted by Gasteiger charge is -2.21. The summed E-state index contributed by atoms with van der Waals surface area (Å²) in [5.41, 5.74) is 3.80. The van der Waals surface area contributed by atoms with Crippen molar-refractivity contribution >= 4 is 23.2 Å². The summed E-state index contributed by atoms with van der Waals surface area (Å²) in [5.74, 6) is -0.825. The summed E-state index contributed by atoms with van der Waals surface area (Å²) in [5, 5.41) is 2.89. The molecule has 0 radical (unpaired) electrons. The molecule has 4 rings (SSSR count). The van der Waals surface area contributed by atoms with E-state index in [0.29, 0.717) is 40.8 Å². The van der Waals surface area contributed by atoms with Crippen molar-refractivity contribution in [2.24, 2.45) is 0 Å². The number of carbonyl (C=O) groups excluding carboxylic acids is 3. The maximum absolute atomic E-state index is 13.3. The Hall–Kier alpha value is -4.05. The van der Waals surface area contributed by atoms with E-state index in [9.17, 15) is 14.4 Å². The quantitative estimate of drug-likeness (QED) is 0.449. The van der Waals surface area contributed by atoms with Gasteiger partial charge < -0.3 is 5.32 Å². The van der Waals surface area contributed by atoms with E-state index in [1.807, 2.05) is 18.2 Å². The number of allylic oxidation sites excluding steroid dienone is 2. The minimum atomic E-state index is -0.332. The Morgan fingerprint density at radius 1 is 0.742 bits per heavy atom. The lowest BCUT2D eigenvalue weighted by atomic mass is 9.83. The number of hydrogen-bond donors (Lipinski definition) is 1. The van der Waals surface area contributed by atoms with E-state index in [2.05, 4.69) is 18.5 Å². The molecule has 31 heavy (non-hydrogen) atoms. The van der Waals surface area contributed by atoms with Crippen molar-refractivity contribution in [2.75, 3.05) is 5.32 Å². The summed E-state index contributed by atoms with van der Waals surface area (Å²) < 4.78 is 0. The van der Waals surface area contributed by atoms with E-state index in [4.69, 9.17) is 0 Å². The highest BCUT2D eigenvalue weighted by molar-refractivity contribution is 6.30. The zero-order valence-corrected chi connectivity index (χ0v) is 17.0. The molecule has 4 heteroatoms. The maximum atomic E-state index is 13.3. The molecular formula is C27H21NO3. The van der Waals surface area contributed by atoms with Gasteiger partial charge in [0.1, 0.15) is 0 Å². The largest absolute Gasteiger partial charge is 0.321 e. The van der Waals surface area contributed by atoms with Crippen LogP contribution in [0.15, 0.2) is 86.0 Å². The first kappa shape index (κ1) is 20.2. The van der Waals surface area contributed by atoms with Gasteiger partial charge in [-0.25, -0.2) is 0 Å². The summed E-state index contributed by atoms with van der Waals surface area (Å²) in [7, 11) is 0. The van der Waals surface area contributed by atoms with Crippen LogP contribution in [0.5, 0.6) is 0 Å². The number of benzene rings is 3. The standard InChI is InChI=1S/C27H21NO3/c1-3-9-17-11-7-12-18(10-4-2)23(17)27(31)28-22-16-8-15-21-24(22)26(30)20-14-6-5-13-19(20)25(21)29/h3-8,11-16H,1-2,9-10H2,(H,28,31). The number of rotatable bonds is 6. The fourth-order valence-corrected chi connectivity index (χ4v) is 4.03. The van der Waals surface area contributed by atoms with Crippen molar-refractivity contribution in [2.45, 2.75) is 12.8 Å². The van der Waals surface area contributed by atoms with Gasteiger partial charge in [-0.15, -0.1) is 13.2 Å². The van der Waals surface area contributed by atoms with E-state index < -0.39 is 0 Å². The summed E-state index contributed by atoms with van der Waals surface area (Å²) in [6, 6.07) is 17.4. The normalized spacial score (nSPS) is 12.0. The average molecular weight is 407 g/mol. The van der Waals surface area contributed by atoms with Crippen molar-refractivity contribution in [3.8, 4) is 0 Å². The van der Waals surface area contributed by atoms with Crippen LogP contribution in [0.25, 0.3) is 0 Å². The first-order valence-corrected chi connectivity index (χ1v) is 10.0. The molecule has 0 spiro atoms. The summed E-state index contributed by atoms with van der Waals surface area (Å²) in [6.45, 7) is 7.56. The third kappa shape index (κ3) is 3.53. The van der Waals surface area contributed by atoms with Crippen molar-refractivity contribution in [1.29, 1.82) is 0 Å². The van der Waals surface area contributed by atoms with Crippen LogP contribution >= 0.6 is 0 Å². The van der Waals surface area contributed by atoms with Gasteiger partial charge in [0.05, 0.1) is 11.3 Å². The lowest BCUT2D eigenvalue weighted by Crippen LogP contribution is -2.24. The van der Waals surface area contributed by atoms with Gasteiger partial charge in [0, 0.05) is 22.3 Å². The predicted molar refractivity (Wildman–Crippen MR) is 122 cm³/mol. The van der Waals surface area contributed by atoms with Gasteiger partial charge in [-0.05, 0) is 30.0 Å². The highest BCUT2D eigenvalue weighted by Gasteiger charge is 2.32. The zero-order chi connectivity index (χ0) is 22.0. The Morgan fingerprint density at radius 3 is 1.90 bits per heavy atom. The highest BCUT2D eigenvalue weighted by atomic mass is 16.2. The minimum absolute atomic E-state index is 0.222. The Kier molecular flexibility index (Phi) is 5.46. The third-order valence-electron chi connectivity index (χ3n) is 5.39. The monoisotopic (exact) mass is 407 g/mol.